The molecule has 1 heterocycles. The number of thioether (sulfide) groups is 1. The Labute approximate surface area is 120 Å². The van der Waals surface area contributed by atoms with Gasteiger partial charge in [0.25, 0.3) is 0 Å². The number of hydrogen-bond donors (Lipinski definition) is 1. The summed E-state index contributed by atoms with van der Waals surface area (Å²) in [6.07, 6.45) is 1.12. The standard InChI is InChI=1S/C14H18BrFOS/c1-13(2)7-14(17,9-18-8-13)6-10-3-4-11(15)5-12(10)16/h3-5,17H,6-9H2,1-2H3. The average Bonchev–Trinajstić information content (AvgIpc) is 2.20. The van der Waals surface area contributed by atoms with E-state index in [4.69, 9.17) is 0 Å². The number of hydrogen-bond acceptors (Lipinski definition) is 2. The van der Waals surface area contributed by atoms with Gasteiger partial charge in [-0.1, -0.05) is 35.8 Å². The monoisotopic (exact) mass is 332 g/mol. The Hall–Kier alpha value is -0.0600. The van der Waals surface area contributed by atoms with Gasteiger partial charge in [0, 0.05) is 16.6 Å². The molecule has 1 saturated heterocycles. The molecule has 1 N–H and O–H groups in total. The number of aliphatic hydroxyl groups is 1. The van der Waals surface area contributed by atoms with Crippen molar-refractivity contribution >= 4 is 27.7 Å². The molecule has 0 amide bonds. The fourth-order valence-electron chi connectivity index (χ4n) is 2.64. The predicted molar refractivity (Wildman–Crippen MR) is 78.5 cm³/mol. The van der Waals surface area contributed by atoms with Gasteiger partial charge in [-0.25, -0.2) is 4.39 Å². The highest BCUT2D eigenvalue weighted by molar-refractivity contribution is 9.10. The second-order valence-corrected chi connectivity index (χ2v) is 7.87. The fraction of sp³-hybridized carbons (Fsp3) is 0.571. The lowest BCUT2D eigenvalue weighted by Crippen LogP contribution is -2.44. The molecule has 0 bridgehead atoms. The SMILES string of the molecule is CC1(C)CSCC(O)(Cc2ccc(Br)cc2F)C1. The van der Waals surface area contributed by atoms with Crippen LogP contribution in [0.2, 0.25) is 0 Å². The van der Waals surface area contributed by atoms with Crippen molar-refractivity contribution in [2.24, 2.45) is 5.41 Å². The Bertz CT molecular complexity index is 449. The molecule has 1 aromatic rings. The minimum Gasteiger partial charge on any atom is -0.389 e. The smallest absolute Gasteiger partial charge is 0.127 e. The van der Waals surface area contributed by atoms with E-state index in [9.17, 15) is 9.50 Å². The Balaban J connectivity index is 2.17. The topological polar surface area (TPSA) is 20.2 Å². The van der Waals surface area contributed by atoms with E-state index < -0.39 is 5.60 Å². The molecule has 4 heteroatoms. The predicted octanol–water partition coefficient (Wildman–Crippen LogP) is 4.02. The van der Waals surface area contributed by atoms with Crippen molar-refractivity contribution in [2.45, 2.75) is 32.3 Å². The lowest BCUT2D eigenvalue weighted by molar-refractivity contribution is 0.0193. The fourth-order valence-corrected chi connectivity index (χ4v) is 4.32. The Morgan fingerprint density at radius 2 is 2.11 bits per heavy atom. The molecule has 2 rings (SSSR count). The van der Waals surface area contributed by atoms with E-state index >= 15 is 0 Å². The first-order valence-corrected chi connectivity index (χ1v) is 7.99. The Morgan fingerprint density at radius 1 is 1.39 bits per heavy atom. The van der Waals surface area contributed by atoms with E-state index in [-0.39, 0.29) is 11.2 Å². The molecule has 1 aliphatic heterocycles. The van der Waals surface area contributed by atoms with E-state index in [0.717, 1.165) is 16.6 Å². The second-order valence-electron chi connectivity index (χ2n) is 5.97. The zero-order chi connectivity index (χ0) is 13.4. The second kappa shape index (κ2) is 5.14. The third-order valence-corrected chi connectivity index (χ3v) is 5.43. The highest BCUT2D eigenvalue weighted by atomic mass is 79.9. The van der Waals surface area contributed by atoms with Gasteiger partial charge in [-0.05, 0) is 35.3 Å². The van der Waals surface area contributed by atoms with Gasteiger partial charge < -0.3 is 5.11 Å². The van der Waals surface area contributed by atoms with Gasteiger partial charge >= 0.3 is 0 Å². The molecule has 18 heavy (non-hydrogen) atoms. The molecule has 1 atom stereocenters. The first-order chi connectivity index (χ1) is 8.30. The molecule has 1 aromatic carbocycles. The summed E-state index contributed by atoms with van der Waals surface area (Å²) in [4.78, 5) is 0. The summed E-state index contributed by atoms with van der Waals surface area (Å²) >= 11 is 5.00. The molecule has 0 spiro atoms. The summed E-state index contributed by atoms with van der Waals surface area (Å²) in [5.74, 6) is 1.50. The molecule has 1 fully saturated rings. The lowest BCUT2D eigenvalue weighted by atomic mass is 9.79. The van der Waals surface area contributed by atoms with Crippen LogP contribution >= 0.6 is 27.7 Å². The number of rotatable bonds is 2. The molecule has 0 aliphatic carbocycles. The van der Waals surface area contributed by atoms with Gasteiger partial charge in [0.1, 0.15) is 5.82 Å². The largest absolute Gasteiger partial charge is 0.389 e. The quantitative estimate of drug-likeness (QED) is 0.882. The number of halogens is 2. The molecule has 1 nitrogen and oxygen atoms in total. The summed E-state index contributed by atoms with van der Waals surface area (Å²) in [6.45, 7) is 4.31. The van der Waals surface area contributed by atoms with E-state index in [1.807, 2.05) is 6.07 Å². The van der Waals surface area contributed by atoms with Crippen LogP contribution in [0.4, 0.5) is 4.39 Å². The maximum Gasteiger partial charge on any atom is 0.127 e. The third-order valence-electron chi connectivity index (χ3n) is 3.21. The summed E-state index contributed by atoms with van der Waals surface area (Å²) < 4.78 is 14.6. The summed E-state index contributed by atoms with van der Waals surface area (Å²) in [7, 11) is 0. The molecule has 1 unspecified atom stereocenters. The van der Waals surface area contributed by atoms with Crippen LogP contribution in [0.1, 0.15) is 25.8 Å². The van der Waals surface area contributed by atoms with Gasteiger partial charge in [0.05, 0.1) is 5.60 Å². The van der Waals surface area contributed by atoms with Crippen LogP contribution in [-0.2, 0) is 6.42 Å². The average molecular weight is 333 g/mol. The van der Waals surface area contributed by atoms with Gasteiger partial charge in [-0.2, -0.15) is 11.8 Å². The summed E-state index contributed by atoms with van der Waals surface area (Å²) in [5.41, 5.74) is -0.0797. The van der Waals surface area contributed by atoms with Crippen LogP contribution in [0.5, 0.6) is 0 Å². The van der Waals surface area contributed by atoms with Gasteiger partial charge in [0.15, 0.2) is 0 Å². The van der Waals surface area contributed by atoms with E-state index in [2.05, 4.69) is 29.8 Å². The molecule has 0 aromatic heterocycles. The third kappa shape index (κ3) is 3.49. The summed E-state index contributed by atoms with van der Waals surface area (Å²) in [6, 6.07) is 5.03. The maximum atomic E-state index is 13.8. The van der Waals surface area contributed by atoms with Crippen molar-refractivity contribution in [3.8, 4) is 0 Å². The lowest BCUT2D eigenvalue weighted by Gasteiger charge is -2.41. The van der Waals surface area contributed by atoms with E-state index in [0.29, 0.717) is 17.7 Å². The van der Waals surface area contributed by atoms with Crippen LogP contribution in [0.3, 0.4) is 0 Å². The zero-order valence-corrected chi connectivity index (χ0v) is 13.1. The molecule has 1 aliphatic rings. The van der Waals surface area contributed by atoms with Gasteiger partial charge in [-0.15, -0.1) is 0 Å². The molecular formula is C14H18BrFOS. The number of benzene rings is 1. The molecule has 100 valence electrons. The van der Waals surface area contributed by atoms with Gasteiger partial charge in [-0.3, -0.25) is 0 Å². The van der Waals surface area contributed by atoms with Crippen molar-refractivity contribution in [2.75, 3.05) is 11.5 Å². The first kappa shape index (κ1) is 14.4. The van der Waals surface area contributed by atoms with Crippen molar-refractivity contribution in [3.63, 3.8) is 0 Å². The first-order valence-electron chi connectivity index (χ1n) is 6.04. The summed E-state index contributed by atoms with van der Waals surface area (Å²) in [5, 5.41) is 10.7. The Morgan fingerprint density at radius 3 is 2.72 bits per heavy atom. The maximum absolute atomic E-state index is 13.8. The van der Waals surface area contributed by atoms with Crippen LogP contribution in [0.25, 0.3) is 0 Å². The minimum absolute atomic E-state index is 0.115. The van der Waals surface area contributed by atoms with Crippen molar-refractivity contribution in [1.82, 2.24) is 0 Å². The van der Waals surface area contributed by atoms with Crippen LogP contribution in [0.15, 0.2) is 22.7 Å². The molecule has 0 radical (unpaired) electrons. The Kier molecular flexibility index (Phi) is 4.10. The van der Waals surface area contributed by atoms with Crippen LogP contribution in [-0.4, -0.2) is 22.2 Å². The minimum atomic E-state index is -0.791. The molecule has 0 saturated carbocycles. The van der Waals surface area contributed by atoms with Crippen molar-refractivity contribution in [1.29, 1.82) is 0 Å². The van der Waals surface area contributed by atoms with E-state index in [1.54, 1.807) is 17.8 Å². The highest BCUT2D eigenvalue weighted by Crippen LogP contribution is 2.40. The van der Waals surface area contributed by atoms with Crippen LogP contribution < -0.4 is 0 Å². The zero-order valence-electron chi connectivity index (χ0n) is 10.7. The van der Waals surface area contributed by atoms with Crippen molar-refractivity contribution in [3.05, 3.63) is 34.1 Å². The normalized spacial score (nSPS) is 27.2. The molecular weight excluding hydrogens is 315 g/mol. The van der Waals surface area contributed by atoms with Crippen LogP contribution in [0, 0.1) is 11.2 Å². The van der Waals surface area contributed by atoms with E-state index in [1.165, 1.54) is 6.07 Å². The highest BCUT2D eigenvalue weighted by Gasteiger charge is 2.39. The van der Waals surface area contributed by atoms with Gasteiger partial charge in [0.2, 0.25) is 0 Å². The van der Waals surface area contributed by atoms with Crippen molar-refractivity contribution < 1.29 is 9.50 Å².